The van der Waals surface area contributed by atoms with E-state index in [-0.39, 0.29) is 17.7 Å². The second kappa shape index (κ2) is 6.51. The zero-order valence-electron chi connectivity index (χ0n) is 14.9. The van der Waals surface area contributed by atoms with Crippen molar-refractivity contribution in [2.45, 2.75) is 26.0 Å². The Kier molecular flexibility index (Phi) is 4.29. The molecule has 0 aliphatic carbocycles. The molecule has 1 aliphatic rings. The topological polar surface area (TPSA) is 70.8 Å². The lowest BCUT2D eigenvalue weighted by molar-refractivity contribution is 0.0611. The highest BCUT2D eigenvalue weighted by Crippen LogP contribution is 2.38. The fraction of sp³-hybridized carbons (Fsp3) is 0.238. The molecule has 4 rings (SSSR count). The number of hydrogen-bond donors (Lipinski definition) is 1. The maximum Gasteiger partial charge on any atom is 0.290 e. The number of amides is 1. The monoisotopic (exact) mass is 383 g/mol. The van der Waals surface area contributed by atoms with Gasteiger partial charge in [-0.2, -0.15) is 0 Å². The third kappa shape index (κ3) is 2.93. The number of aryl methyl sites for hydroxylation is 1. The first-order valence-corrected chi connectivity index (χ1v) is 9.06. The SMILES string of the molecule is Cc1ccc([C@H]2c3c(oc4ccc(Cl)cc4c3=O)C(=O)N2C[C@H](C)O)cc1. The van der Waals surface area contributed by atoms with Gasteiger partial charge in [0.25, 0.3) is 5.91 Å². The molecule has 1 amide bonds. The van der Waals surface area contributed by atoms with E-state index in [4.69, 9.17) is 16.0 Å². The minimum Gasteiger partial charge on any atom is -0.450 e. The van der Waals surface area contributed by atoms with Gasteiger partial charge in [-0.1, -0.05) is 41.4 Å². The van der Waals surface area contributed by atoms with Crippen molar-refractivity contribution in [1.82, 2.24) is 4.90 Å². The van der Waals surface area contributed by atoms with Gasteiger partial charge in [-0.15, -0.1) is 0 Å². The molecule has 0 saturated carbocycles. The van der Waals surface area contributed by atoms with E-state index in [1.54, 1.807) is 25.1 Å². The maximum atomic E-state index is 13.2. The summed E-state index contributed by atoms with van der Waals surface area (Å²) in [6, 6.07) is 11.8. The lowest BCUT2D eigenvalue weighted by Crippen LogP contribution is -2.35. The van der Waals surface area contributed by atoms with Crippen LogP contribution in [-0.4, -0.2) is 28.6 Å². The van der Waals surface area contributed by atoms with Gasteiger partial charge in [-0.3, -0.25) is 9.59 Å². The molecule has 2 heterocycles. The molecule has 0 radical (unpaired) electrons. The Morgan fingerprint density at radius 3 is 2.56 bits per heavy atom. The van der Waals surface area contributed by atoms with Crippen LogP contribution in [0.4, 0.5) is 0 Å². The van der Waals surface area contributed by atoms with Gasteiger partial charge in [0, 0.05) is 11.6 Å². The van der Waals surface area contributed by atoms with Crippen LogP contribution in [0.3, 0.4) is 0 Å². The molecule has 0 saturated heterocycles. The zero-order chi connectivity index (χ0) is 19.3. The van der Waals surface area contributed by atoms with Crippen molar-refractivity contribution in [1.29, 1.82) is 0 Å². The Labute approximate surface area is 160 Å². The highest BCUT2D eigenvalue weighted by Gasteiger charge is 2.42. The van der Waals surface area contributed by atoms with E-state index < -0.39 is 18.1 Å². The number of carbonyl (C=O) groups is 1. The summed E-state index contributed by atoms with van der Waals surface area (Å²) in [5.41, 5.74) is 2.20. The van der Waals surface area contributed by atoms with Gasteiger partial charge >= 0.3 is 0 Å². The van der Waals surface area contributed by atoms with Crippen LogP contribution in [0.1, 0.15) is 40.2 Å². The molecule has 2 aromatic carbocycles. The molecule has 1 N–H and O–H groups in total. The van der Waals surface area contributed by atoms with Gasteiger partial charge in [-0.05, 0) is 37.6 Å². The first-order valence-electron chi connectivity index (χ1n) is 8.68. The Morgan fingerprint density at radius 1 is 1.19 bits per heavy atom. The molecular weight excluding hydrogens is 366 g/mol. The smallest absolute Gasteiger partial charge is 0.290 e. The fourth-order valence-electron chi connectivity index (χ4n) is 3.56. The van der Waals surface area contributed by atoms with Crippen molar-refractivity contribution in [3.63, 3.8) is 0 Å². The minimum absolute atomic E-state index is 0.0287. The number of halogens is 1. The van der Waals surface area contributed by atoms with Crippen LogP contribution in [-0.2, 0) is 0 Å². The molecule has 2 atom stereocenters. The van der Waals surface area contributed by atoms with Gasteiger partial charge in [0.1, 0.15) is 5.58 Å². The van der Waals surface area contributed by atoms with Crippen LogP contribution in [0, 0.1) is 6.92 Å². The van der Waals surface area contributed by atoms with Crippen LogP contribution in [0.15, 0.2) is 51.7 Å². The number of benzene rings is 2. The third-order valence-corrected chi connectivity index (χ3v) is 5.02. The number of rotatable bonds is 3. The number of aliphatic hydroxyl groups excluding tert-OH is 1. The summed E-state index contributed by atoms with van der Waals surface area (Å²) in [4.78, 5) is 27.7. The number of nitrogens with zero attached hydrogens (tertiary/aromatic N) is 1. The summed E-state index contributed by atoms with van der Waals surface area (Å²) in [5.74, 6) is -0.369. The summed E-state index contributed by atoms with van der Waals surface area (Å²) in [5, 5.41) is 10.7. The molecule has 5 nitrogen and oxygen atoms in total. The standard InChI is InChI=1S/C21H18ClNO4/c1-11-3-5-13(6-4-11)18-17-19(25)15-9-14(22)7-8-16(15)27-20(17)21(26)23(18)10-12(2)24/h3-9,12,18,24H,10H2,1-2H3/t12-,18-/m0/s1. The van der Waals surface area contributed by atoms with Crippen LogP contribution in [0.5, 0.6) is 0 Å². The Bertz CT molecular complexity index is 1100. The normalized spacial score (nSPS) is 17.4. The average Bonchev–Trinajstić information content (AvgIpc) is 2.89. The summed E-state index contributed by atoms with van der Waals surface area (Å²) < 4.78 is 5.81. The lowest BCUT2D eigenvalue weighted by atomic mass is 9.97. The van der Waals surface area contributed by atoms with Gasteiger partial charge in [0.05, 0.1) is 23.1 Å². The molecule has 3 aromatic rings. The van der Waals surface area contributed by atoms with Crippen LogP contribution in [0.25, 0.3) is 11.0 Å². The van der Waals surface area contributed by atoms with E-state index in [1.165, 1.54) is 4.90 Å². The predicted octanol–water partition coefficient (Wildman–Crippen LogP) is 3.68. The van der Waals surface area contributed by atoms with Crippen LogP contribution in [0.2, 0.25) is 5.02 Å². The van der Waals surface area contributed by atoms with Crippen molar-refractivity contribution in [3.05, 3.63) is 80.2 Å². The summed E-state index contributed by atoms with van der Waals surface area (Å²) >= 11 is 6.05. The average molecular weight is 384 g/mol. The van der Waals surface area contributed by atoms with Crippen LogP contribution < -0.4 is 5.43 Å². The van der Waals surface area contributed by atoms with E-state index in [9.17, 15) is 14.7 Å². The van der Waals surface area contributed by atoms with Crippen molar-refractivity contribution in [2.24, 2.45) is 0 Å². The first kappa shape index (κ1) is 17.8. The fourth-order valence-corrected chi connectivity index (χ4v) is 3.73. The van der Waals surface area contributed by atoms with Gasteiger partial charge in [-0.25, -0.2) is 0 Å². The Balaban J connectivity index is 2.00. The van der Waals surface area contributed by atoms with Crippen molar-refractivity contribution >= 4 is 28.5 Å². The molecule has 1 aromatic heterocycles. The summed E-state index contributed by atoms with van der Waals surface area (Å²) in [6.45, 7) is 3.67. The van der Waals surface area contributed by atoms with E-state index in [1.807, 2.05) is 31.2 Å². The number of β-amino-alcohol motifs (C(OH)–C–C–N with tert-alkyl or cyclic N) is 1. The number of fused-ring (bicyclic) bond motifs is 2. The van der Waals surface area contributed by atoms with Gasteiger partial charge < -0.3 is 14.4 Å². The predicted molar refractivity (Wildman–Crippen MR) is 103 cm³/mol. The molecule has 138 valence electrons. The minimum atomic E-state index is -0.741. The highest BCUT2D eigenvalue weighted by atomic mass is 35.5. The molecular formula is C21H18ClNO4. The number of carbonyl (C=O) groups excluding carboxylic acids is 1. The molecule has 0 bridgehead atoms. The lowest BCUT2D eigenvalue weighted by Gasteiger charge is -2.26. The van der Waals surface area contributed by atoms with Crippen LogP contribution >= 0.6 is 11.6 Å². The number of hydrogen-bond acceptors (Lipinski definition) is 4. The molecule has 6 heteroatoms. The number of aliphatic hydroxyl groups is 1. The molecule has 0 spiro atoms. The van der Waals surface area contributed by atoms with E-state index in [2.05, 4.69) is 0 Å². The molecule has 27 heavy (non-hydrogen) atoms. The van der Waals surface area contributed by atoms with E-state index in [0.717, 1.165) is 11.1 Å². The summed E-state index contributed by atoms with van der Waals surface area (Å²) in [6.07, 6.45) is -0.741. The summed E-state index contributed by atoms with van der Waals surface area (Å²) in [7, 11) is 0. The highest BCUT2D eigenvalue weighted by molar-refractivity contribution is 6.31. The first-order chi connectivity index (χ1) is 12.9. The second-order valence-electron chi connectivity index (χ2n) is 6.93. The van der Waals surface area contributed by atoms with Crippen molar-refractivity contribution < 1.29 is 14.3 Å². The zero-order valence-corrected chi connectivity index (χ0v) is 15.7. The van der Waals surface area contributed by atoms with E-state index in [0.29, 0.717) is 21.6 Å². The largest absolute Gasteiger partial charge is 0.450 e. The third-order valence-electron chi connectivity index (χ3n) is 4.78. The van der Waals surface area contributed by atoms with Crippen molar-refractivity contribution in [3.8, 4) is 0 Å². The molecule has 0 fully saturated rings. The van der Waals surface area contributed by atoms with E-state index >= 15 is 0 Å². The second-order valence-corrected chi connectivity index (χ2v) is 7.37. The van der Waals surface area contributed by atoms with Gasteiger partial charge in [0.2, 0.25) is 5.76 Å². The Hall–Kier alpha value is -2.63. The molecule has 0 unspecified atom stereocenters. The quantitative estimate of drug-likeness (QED) is 0.749. The molecule has 1 aliphatic heterocycles. The van der Waals surface area contributed by atoms with Gasteiger partial charge in [0.15, 0.2) is 5.43 Å². The maximum absolute atomic E-state index is 13.2. The van der Waals surface area contributed by atoms with Crippen molar-refractivity contribution in [2.75, 3.05) is 6.54 Å². The Morgan fingerprint density at radius 2 is 1.89 bits per heavy atom.